The molecule has 0 radical (unpaired) electrons. The highest BCUT2D eigenvalue weighted by molar-refractivity contribution is 5.83. The summed E-state index contributed by atoms with van der Waals surface area (Å²) in [6.45, 7) is 0. The number of rotatable bonds is 1. The number of benzene rings is 1. The molecule has 0 bridgehead atoms. The Morgan fingerprint density at radius 2 is 1.68 bits per heavy atom. The second kappa shape index (κ2) is 4.09. The van der Waals surface area contributed by atoms with Crippen LogP contribution in [-0.4, -0.2) is 15.0 Å². The van der Waals surface area contributed by atoms with E-state index < -0.39 is 11.2 Å². The van der Waals surface area contributed by atoms with Crippen molar-refractivity contribution in [3.63, 3.8) is 0 Å². The highest BCUT2D eigenvalue weighted by Crippen LogP contribution is 2.18. The Bertz CT molecular complexity index is 934. The van der Waals surface area contributed by atoms with Gasteiger partial charge >= 0.3 is 5.69 Å². The largest absolute Gasteiger partial charge is 0.325 e. The van der Waals surface area contributed by atoms with Crippen LogP contribution in [0.25, 0.3) is 22.0 Å². The number of hydrogen-bond acceptors (Lipinski definition) is 3. The lowest BCUT2D eigenvalue weighted by Gasteiger charge is -2.02. The number of hydrogen-bond donors (Lipinski definition) is 3. The molecule has 3 rings (SSSR count). The van der Waals surface area contributed by atoms with Gasteiger partial charge in [0.1, 0.15) is 0 Å². The lowest BCUT2D eigenvalue weighted by molar-refractivity contribution is 1.04. The van der Waals surface area contributed by atoms with Gasteiger partial charge in [-0.1, -0.05) is 12.1 Å². The second-order valence-electron chi connectivity index (χ2n) is 4.11. The standard InChI is InChI=1S/C13H9N3O3/c17-11-4-3-7-1-2-8(5-10(7)15-11)9-6-14-13(19)16-12(9)18/h1-6H,(H,15,17)(H2,14,16,18,19). The first-order valence-corrected chi connectivity index (χ1v) is 5.59. The zero-order valence-corrected chi connectivity index (χ0v) is 9.69. The van der Waals surface area contributed by atoms with Crippen LogP contribution in [0, 0.1) is 0 Å². The third kappa shape index (κ3) is 1.99. The molecule has 0 amide bonds. The molecule has 3 aromatic rings. The van der Waals surface area contributed by atoms with Crippen LogP contribution in [-0.2, 0) is 0 Å². The van der Waals surface area contributed by atoms with Crippen molar-refractivity contribution in [1.29, 1.82) is 0 Å². The Labute approximate surface area is 105 Å². The number of aromatic amines is 3. The molecule has 0 aliphatic rings. The summed E-state index contributed by atoms with van der Waals surface area (Å²) in [4.78, 5) is 41.2. The molecule has 3 N–H and O–H groups in total. The normalized spacial score (nSPS) is 10.7. The molecule has 0 unspecified atom stereocenters. The molecule has 2 heterocycles. The Hall–Kier alpha value is -2.89. The van der Waals surface area contributed by atoms with E-state index in [1.165, 1.54) is 12.3 Å². The summed E-state index contributed by atoms with van der Waals surface area (Å²) >= 11 is 0. The van der Waals surface area contributed by atoms with Gasteiger partial charge in [-0.15, -0.1) is 0 Å². The fourth-order valence-electron chi connectivity index (χ4n) is 1.94. The summed E-state index contributed by atoms with van der Waals surface area (Å²) in [6, 6.07) is 8.39. The van der Waals surface area contributed by atoms with Crippen molar-refractivity contribution >= 4 is 10.9 Å². The zero-order chi connectivity index (χ0) is 13.4. The fraction of sp³-hybridized carbons (Fsp3) is 0. The number of pyridine rings is 1. The van der Waals surface area contributed by atoms with Gasteiger partial charge in [0.25, 0.3) is 5.56 Å². The number of nitrogens with one attached hydrogen (secondary N) is 3. The monoisotopic (exact) mass is 255 g/mol. The van der Waals surface area contributed by atoms with E-state index in [1.807, 2.05) is 0 Å². The maximum absolute atomic E-state index is 11.7. The molecule has 0 fully saturated rings. The summed E-state index contributed by atoms with van der Waals surface area (Å²) in [5.41, 5.74) is 0.359. The quantitative estimate of drug-likeness (QED) is 0.592. The molecule has 0 saturated heterocycles. The predicted octanol–water partition coefficient (Wildman–Crippen LogP) is 0.572. The average molecular weight is 255 g/mol. The first kappa shape index (κ1) is 11.2. The van der Waals surface area contributed by atoms with Crippen LogP contribution in [0.2, 0.25) is 0 Å². The van der Waals surface area contributed by atoms with Gasteiger partial charge in [0.2, 0.25) is 5.56 Å². The molecule has 0 atom stereocenters. The first-order chi connectivity index (χ1) is 9.13. The molecule has 0 aliphatic carbocycles. The van der Waals surface area contributed by atoms with E-state index in [9.17, 15) is 14.4 Å². The summed E-state index contributed by atoms with van der Waals surface area (Å²) in [5, 5.41) is 0.865. The third-order valence-corrected chi connectivity index (χ3v) is 2.86. The van der Waals surface area contributed by atoms with E-state index in [2.05, 4.69) is 15.0 Å². The third-order valence-electron chi connectivity index (χ3n) is 2.86. The van der Waals surface area contributed by atoms with Crippen molar-refractivity contribution in [3.8, 4) is 11.1 Å². The Kier molecular flexibility index (Phi) is 2.42. The lowest BCUT2D eigenvalue weighted by Crippen LogP contribution is -2.22. The average Bonchev–Trinajstić information content (AvgIpc) is 2.38. The summed E-state index contributed by atoms with van der Waals surface area (Å²) in [7, 11) is 0. The van der Waals surface area contributed by atoms with Gasteiger partial charge in [-0.3, -0.25) is 14.6 Å². The Morgan fingerprint density at radius 3 is 2.47 bits per heavy atom. The Balaban J connectivity index is 2.28. The van der Waals surface area contributed by atoms with Crippen LogP contribution in [0.5, 0.6) is 0 Å². The molecule has 0 aliphatic heterocycles. The van der Waals surface area contributed by atoms with Gasteiger partial charge in [0, 0.05) is 17.8 Å². The van der Waals surface area contributed by atoms with E-state index in [4.69, 9.17) is 0 Å². The van der Waals surface area contributed by atoms with Crippen LogP contribution in [0.15, 0.2) is 50.9 Å². The number of H-pyrrole nitrogens is 3. The Morgan fingerprint density at radius 1 is 0.895 bits per heavy atom. The highest BCUT2D eigenvalue weighted by Gasteiger charge is 2.05. The molecule has 2 aromatic heterocycles. The predicted molar refractivity (Wildman–Crippen MR) is 71.2 cm³/mol. The molecule has 1 aromatic carbocycles. The van der Waals surface area contributed by atoms with Crippen LogP contribution in [0.4, 0.5) is 0 Å². The summed E-state index contributed by atoms with van der Waals surface area (Å²) in [5.74, 6) is 0. The van der Waals surface area contributed by atoms with E-state index in [1.54, 1.807) is 24.3 Å². The van der Waals surface area contributed by atoms with Gasteiger partial charge < -0.3 is 9.97 Å². The molecular weight excluding hydrogens is 246 g/mol. The topological polar surface area (TPSA) is 98.6 Å². The van der Waals surface area contributed by atoms with E-state index >= 15 is 0 Å². The van der Waals surface area contributed by atoms with Crippen LogP contribution in [0.3, 0.4) is 0 Å². The zero-order valence-electron chi connectivity index (χ0n) is 9.69. The molecule has 0 saturated carbocycles. The van der Waals surface area contributed by atoms with Crippen molar-refractivity contribution in [2.24, 2.45) is 0 Å². The van der Waals surface area contributed by atoms with Gasteiger partial charge in [0.15, 0.2) is 0 Å². The minimum Gasteiger partial charge on any atom is -0.322 e. The minimum absolute atomic E-state index is 0.208. The lowest BCUT2D eigenvalue weighted by atomic mass is 10.1. The molecule has 0 spiro atoms. The van der Waals surface area contributed by atoms with Gasteiger partial charge in [-0.05, 0) is 23.1 Å². The number of fused-ring (bicyclic) bond motifs is 1. The molecular formula is C13H9N3O3. The van der Waals surface area contributed by atoms with E-state index in [0.29, 0.717) is 16.6 Å². The van der Waals surface area contributed by atoms with Crippen molar-refractivity contribution in [1.82, 2.24) is 15.0 Å². The van der Waals surface area contributed by atoms with E-state index in [0.717, 1.165) is 5.39 Å². The summed E-state index contributed by atoms with van der Waals surface area (Å²) < 4.78 is 0. The second-order valence-corrected chi connectivity index (χ2v) is 4.11. The van der Waals surface area contributed by atoms with Crippen LogP contribution in [0.1, 0.15) is 0 Å². The van der Waals surface area contributed by atoms with Crippen LogP contribution < -0.4 is 16.8 Å². The maximum Gasteiger partial charge on any atom is 0.325 e. The number of aromatic nitrogens is 3. The van der Waals surface area contributed by atoms with E-state index in [-0.39, 0.29) is 5.56 Å². The smallest absolute Gasteiger partial charge is 0.322 e. The SMILES string of the molecule is O=c1ccc2ccc(-c3c[nH]c(=O)[nH]c3=O)cc2[nH]1. The molecule has 6 heteroatoms. The van der Waals surface area contributed by atoms with Crippen LogP contribution >= 0.6 is 0 Å². The maximum atomic E-state index is 11.7. The highest BCUT2D eigenvalue weighted by atomic mass is 16.2. The van der Waals surface area contributed by atoms with Gasteiger partial charge in [-0.2, -0.15) is 0 Å². The summed E-state index contributed by atoms with van der Waals surface area (Å²) in [6.07, 6.45) is 1.35. The van der Waals surface area contributed by atoms with Crippen molar-refractivity contribution in [2.45, 2.75) is 0 Å². The van der Waals surface area contributed by atoms with Gasteiger partial charge in [-0.25, -0.2) is 4.79 Å². The van der Waals surface area contributed by atoms with Crippen molar-refractivity contribution in [2.75, 3.05) is 0 Å². The fourth-order valence-corrected chi connectivity index (χ4v) is 1.94. The minimum atomic E-state index is -0.553. The molecule has 19 heavy (non-hydrogen) atoms. The molecule has 94 valence electrons. The van der Waals surface area contributed by atoms with Crippen molar-refractivity contribution < 1.29 is 0 Å². The van der Waals surface area contributed by atoms with Gasteiger partial charge in [0.05, 0.1) is 5.56 Å². The molecule has 6 nitrogen and oxygen atoms in total. The van der Waals surface area contributed by atoms with Crippen molar-refractivity contribution in [3.05, 3.63) is 67.7 Å². The first-order valence-electron chi connectivity index (χ1n) is 5.59.